The number of hydrogen-bond donors (Lipinski definition) is 1. The van der Waals surface area contributed by atoms with E-state index in [2.05, 4.69) is 9.97 Å². The van der Waals surface area contributed by atoms with Crippen molar-refractivity contribution in [2.24, 2.45) is 0 Å². The molecule has 0 fully saturated rings. The largest absolute Gasteiger partial charge is 1.00 e. The van der Waals surface area contributed by atoms with Gasteiger partial charge in [0.05, 0.1) is 29.9 Å². The molecule has 1 aromatic carbocycles. The van der Waals surface area contributed by atoms with Crippen molar-refractivity contribution >= 4 is 28.0 Å². The van der Waals surface area contributed by atoms with Crippen LogP contribution in [-0.4, -0.2) is 62.1 Å². The molecule has 0 spiro atoms. The predicted octanol–water partition coefficient (Wildman–Crippen LogP) is -1.27. The molecule has 0 aliphatic rings. The molecule has 2 rings (SSSR count). The number of aliphatic hydroxyl groups is 1. The topological polar surface area (TPSA) is 133 Å². The van der Waals surface area contributed by atoms with Crippen molar-refractivity contribution in [2.75, 3.05) is 24.7 Å². The summed E-state index contributed by atoms with van der Waals surface area (Å²) in [6.45, 7) is 3.74. The summed E-state index contributed by atoms with van der Waals surface area (Å²) in [7, 11) is -0.962. The fraction of sp³-hybridized carbons (Fsp3) is 0.435. The molecule has 1 aromatic heterocycles. The summed E-state index contributed by atoms with van der Waals surface area (Å²) < 4.78 is 43.8. The molecule has 0 bridgehead atoms. The summed E-state index contributed by atoms with van der Waals surface area (Å²) in [6, 6.07) is 5.55. The Bertz CT molecular complexity index is 1140. The number of hydrogen-bond acceptors (Lipinski definition) is 8. The maximum Gasteiger partial charge on any atom is 1.00 e. The van der Waals surface area contributed by atoms with Gasteiger partial charge in [0.25, 0.3) is 0 Å². The minimum Gasteiger partial charge on any atom is -0.550 e. The first kappa shape index (κ1) is 31.1. The zero-order chi connectivity index (χ0) is 25.6. The summed E-state index contributed by atoms with van der Waals surface area (Å²) in [5, 5.41) is 21.3. The molecule has 0 saturated carbocycles. The fourth-order valence-corrected chi connectivity index (χ4v) is 3.58. The van der Waals surface area contributed by atoms with E-state index in [1.807, 2.05) is 13.8 Å². The van der Waals surface area contributed by atoms with Gasteiger partial charge in [-0.1, -0.05) is 26.0 Å². The SMILES string of the molecule is CO[C@@H](CC(=O)[O-])C[C@H](O)/C=C/c1c(-c2ccc(F)cc2)nc(N(C)S(C)(=O)=O)nc1C(C)C.[Na+]. The Morgan fingerprint density at radius 1 is 1.26 bits per heavy atom. The van der Waals surface area contributed by atoms with Crippen LogP contribution in [0.3, 0.4) is 0 Å². The quantitative estimate of drug-likeness (QED) is 0.365. The first-order valence-electron chi connectivity index (χ1n) is 10.5. The Balaban J connectivity index is 0.00000612. The number of anilines is 1. The van der Waals surface area contributed by atoms with Gasteiger partial charge in [0, 0.05) is 44.1 Å². The van der Waals surface area contributed by atoms with Gasteiger partial charge in [0.15, 0.2) is 0 Å². The Morgan fingerprint density at radius 2 is 1.86 bits per heavy atom. The van der Waals surface area contributed by atoms with Crippen LogP contribution in [0.2, 0.25) is 0 Å². The van der Waals surface area contributed by atoms with Crippen LogP contribution in [0, 0.1) is 5.82 Å². The van der Waals surface area contributed by atoms with Crippen molar-refractivity contribution in [1.82, 2.24) is 9.97 Å². The van der Waals surface area contributed by atoms with E-state index in [0.717, 1.165) is 10.6 Å². The van der Waals surface area contributed by atoms with E-state index in [4.69, 9.17) is 4.74 Å². The van der Waals surface area contributed by atoms with Gasteiger partial charge in [-0.25, -0.2) is 27.1 Å². The van der Waals surface area contributed by atoms with E-state index in [1.165, 1.54) is 44.5 Å². The van der Waals surface area contributed by atoms with Crippen molar-refractivity contribution in [2.45, 2.75) is 44.8 Å². The van der Waals surface area contributed by atoms with Gasteiger partial charge < -0.3 is 19.7 Å². The zero-order valence-corrected chi connectivity index (χ0v) is 23.5. The number of methoxy groups -OCH3 is 1. The van der Waals surface area contributed by atoms with Crippen LogP contribution < -0.4 is 39.0 Å². The molecule has 0 amide bonds. The third kappa shape index (κ3) is 8.93. The third-order valence-electron chi connectivity index (χ3n) is 5.12. The fourth-order valence-electron chi connectivity index (χ4n) is 3.20. The molecule has 0 radical (unpaired) electrons. The van der Waals surface area contributed by atoms with Crippen LogP contribution in [0.1, 0.15) is 43.9 Å². The van der Waals surface area contributed by atoms with Gasteiger partial charge in [-0.15, -0.1) is 0 Å². The molecule has 2 aromatic rings. The van der Waals surface area contributed by atoms with E-state index >= 15 is 0 Å². The molecule has 12 heteroatoms. The van der Waals surface area contributed by atoms with Gasteiger partial charge >= 0.3 is 29.6 Å². The van der Waals surface area contributed by atoms with E-state index in [-0.39, 0.29) is 54.3 Å². The van der Waals surface area contributed by atoms with Crippen LogP contribution in [-0.2, 0) is 19.6 Å². The van der Waals surface area contributed by atoms with E-state index < -0.39 is 34.0 Å². The zero-order valence-electron chi connectivity index (χ0n) is 20.7. The van der Waals surface area contributed by atoms with Gasteiger partial charge in [-0.2, -0.15) is 0 Å². The van der Waals surface area contributed by atoms with E-state index in [0.29, 0.717) is 22.5 Å². The van der Waals surface area contributed by atoms with Crippen LogP contribution in [0.4, 0.5) is 10.3 Å². The number of sulfonamides is 1. The molecule has 35 heavy (non-hydrogen) atoms. The molecule has 9 nitrogen and oxygen atoms in total. The number of carboxylic acid groups (broad SMARTS) is 1. The minimum absolute atomic E-state index is 0. The molecule has 1 heterocycles. The van der Waals surface area contributed by atoms with Crippen LogP contribution in [0.5, 0.6) is 0 Å². The molecule has 2 atom stereocenters. The molecule has 0 saturated heterocycles. The van der Waals surface area contributed by atoms with Crippen LogP contribution >= 0.6 is 0 Å². The molecule has 0 aliphatic heterocycles. The summed E-state index contributed by atoms with van der Waals surface area (Å²) in [5.74, 6) is -1.93. The molecule has 0 aliphatic carbocycles. The van der Waals surface area contributed by atoms with Crippen LogP contribution in [0.25, 0.3) is 17.3 Å². The Labute approximate surface area is 227 Å². The number of halogens is 1. The Hall–Kier alpha value is -1.89. The average Bonchev–Trinajstić information content (AvgIpc) is 2.75. The molecular weight excluding hydrogens is 488 g/mol. The average molecular weight is 518 g/mol. The predicted molar refractivity (Wildman–Crippen MR) is 125 cm³/mol. The number of rotatable bonds is 11. The van der Waals surface area contributed by atoms with E-state index in [1.54, 1.807) is 6.08 Å². The van der Waals surface area contributed by atoms with Gasteiger partial charge in [-0.05, 0) is 30.2 Å². The first-order valence-corrected chi connectivity index (χ1v) is 12.4. The van der Waals surface area contributed by atoms with Crippen molar-refractivity contribution in [3.63, 3.8) is 0 Å². The van der Waals surface area contributed by atoms with Crippen molar-refractivity contribution in [3.05, 3.63) is 47.4 Å². The summed E-state index contributed by atoms with van der Waals surface area (Å²) >= 11 is 0. The number of aliphatic carboxylic acids is 1. The second kappa shape index (κ2) is 13.4. The number of aliphatic hydroxyl groups excluding tert-OH is 1. The molecule has 1 N–H and O–H groups in total. The number of aromatic nitrogens is 2. The maximum atomic E-state index is 13.5. The van der Waals surface area contributed by atoms with Crippen molar-refractivity contribution in [3.8, 4) is 11.3 Å². The molecular formula is C23H29FN3NaO6S. The number of ether oxygens (including phenoxy) is 1. The normalized spacial score (nSPS) is 13.5. The summed E-state index contributed by atoms with van der Waals surface area (Å²) in [4.78, 5) is 19.8. The molecule has 186 valence electrons. The Kier molecular flexibility index (Phi) is 11.9. The van der Waals surface area contributed by atoms with Crippen molar-refractivity contribution in [1.29, 1.82) is 0 Å². The van der Waals surface area contributed by atoms with Gasteiger partial charge in [0.1, 0.15) is 5.82 Å². The number of carbonyl (C=O) groups excluding carboxylic acids is 1. The van der Waals surface area contributed by atoms with Crippen molar-refractivity contribution < 1.29 is 62.1 Å². The second-order valence-corrected chi connectivity index (χ2v) is 10.2. The molecule has 0 unspecified atom stereocenters. The number of carboxylic acids is 1. The van der Waals surface area contributed by atoms with E-state index in [9.17, 15) is 27.8 Å². The second-order valence-electron chi connectivity index (χ2n) is 8.16. The minimum atomic E-state index is -3.65. The number of carbonyl (C=O) groups is 1. The monoisotopic (exact) mass is 517 g/mol. The standard InChI is InChI=1S/C23H30FN3O6S.Na/c1-14(2)21-19(11-10-17(28)12-18(33-4)13-20(29)30)22(15-6-8-16(24)9-7-15)26-23(25-21)27(3)34(5,31)32;/h6-11,14,17-18,28H,12-13H2,1-5H3,(H,29,30);/q;+1/p-1/b11-10+;/t17-,18-;/m1./s1. The van der Waals surface area contributed by atoms with Gasteiger partial charge in [-0.3, -0.25) is 0 Å². The summed E-state index contributed by atoms with van der Waals surface area (Å²) in [6.07, 6.45) is 1.94. The first-order chi connectivity index (χ1) is 15.8. The van der Waals surface area contributed by atoms with Crippen LogP contribution in [0.15, 0.2) is 30.3 Å². The maximum absolute atomic E-state index is 13.5. The smallest absolute Gasteiger partial charge is 0.550 e. The third-order valence-corrected chi connectivity index (χ3v) is 6.28. The number of benzene rings is 1. The summed E-state index contributed by atoms with van der Waals surface area (Å²) in [5.41, 5.74) is 1.90. The number of nitrogens with zero attached hydrogens (tertiary/aromatic N) is 3. The Morgan fingerprint density at radius 3 is 2.34 bits per heavy atom. The van der Waals surface area contributed by atoms with Gasteiger partial charge in [0.2, 0.25) is 16.0 Å².